The summed E-state index contributed by atoms with van der Waals surface area (Å²) in [6, 6.07) is 0. The Kier molecular flexibility index (Phi) is 3.49. The molecule has 2 aromatic rings. The lowest BCUT2D eigenvalue weighted by atomic mass is 10.0. The molecule has 7 heteroatoms. The Morgan fingerprint density at radius 2 is 1.86 bits per heavy atom. The van der Waals surface area contributed by atoms with Crippen LogP contribution in [-0.2, 0) is 6.54 Å². The number of anilines is 1. The van der Waals surface area contributed by atoms with Gasteiger partial charge in [-0.1, -0.05) is 0 Å². The number of aromatic nitrogens is 5. The van der Waals surface area contributed by atoms with Crippen LogP contribution in [0.4, 0.5) is 5.82 Å². The molecule has 0 spiro atoms. The first kappa shape index (κ1) is 13.6. The lowest BCUT2D eigenvalue weighted by Crippen LogP contribution is -2.31. The predicted octanol–water partition coefficient (Wildman–Crippen LogP) is 0.445. The molecule has 7 nitrogen and oxygen atoms in total. The van der Waals surface area contributed by atoms with Crippen LogP contribution in [0.15, 0.2) is 25.2 Å². The SMILES string of the molecule is Cc1cncnc1N1CC2CN(CCn3cncn3)CC2C1. The summed E-state index contributed by atoms with van der Waals surface area (Å²) in [4.78, 5) is 17.5. The zero-order valence-electron chi connectivity index (χ0n) is 12.8. The number of hydrogen-bond donors (Lipinski definition) is 0. The molecule has 0 saturated carbocycles. The molecule has 2 unspecified atom stereocenters. The van der Waals surface area contributed by atoms with Gasteiger partial charge in [0.05, 0.1) is 6.54 Å². The van der Waals surface area contributed by atoms with E-state index in [9.17, 15) is 0 Å². The zero-order chi connectivity index (χ0) is 14.9. The first-order valence-electron chi connectivity index (χ1n) is 7.86. The third kappa shape index (κ3) is 2.56. The summed E-state index contributed by atoms with van der Waals surface area (Å²) in [5.74, 6) is 2.62. The molecular formula is C15H21N7. The normalized spacial score (nSPS) is 24.9. The Hall–Kier alpha value is -2.02. The number of aryl methyl sites for hydroxylation is 1. The number of fused-ring (bicyclic) bond motifs is 1. The summed E-state index contributed by atoms with van der Waals surface area (Å²) >= 11 is 0. The van der Waals surface area contributed by atoms with E-state index in [2.05, 4.69) is 36.8 Å². The first-order valence-corrected chi connectivity index (χ1v) is 7.86. The van der Waals surface area contributed by atoms with Gasteiger partial charge in [0.25, 0.3) is 0 Å². The summed E-state index contributed by atoms with van der Waals surface area (Å²) in [6.07, 6.45) is 6.94. The van der Waals surface area contributed by atoms with E-state index in [0.29, 0.717) is 0 Å². The average Bonchev–Trinajstić information content (AvgIpc) is 3.21. The maximum absolute atomic E-state index is 4.46. The highest BCUT2D eigenvalue weighted by molar-refractivity contribution is 5.46. The fraction of sp³-hybridized carbons (Fsp3) is 0.600. The second-order valence-electron chi connectivity index (χ2n) is 6.37. The second kappa shape index (κ2) is 5.64. The largest absolute Gasteiger partial charge is 0.356 e. The fourth-order valence-corrected chi connectivity index (χ4v) is 3.76. The predicted molar refractivity (Wildman–Crippen MR) is 82.4 cm³/mol. The van der Waals surface area contributed by atoms with Crippen LogP contribution in [0.2, 0.25) is 0 Å². The fourth-order valence-electron chi connectivity index (χ4n) is 3.76. The summed E-state index contributed by atoms with van der Waals surface area (Å²) < 4.78 is 1.91. The van der Waals surface area contributed by atoms with Gasteiger partial charge in [-0.25, -0.2) is 15.0 Å². The molecule has 0 aliphatic carbocycles. The van der Waals surface area contributed by atoms with Crippen molar-refractivity contribution in [2.45, 2.75) is 13.5 Å². The van der Waals surface area contributed by atoms with Gasteiger partial charge in [0, 0.05) is 44.5 Å². The molecule has 22 heavy (non-hydrogen) atoms. The minimum atomic E-state index is 0.755. The maximum atomic E-state index is 4.46. The number of rotatable bonds is 4. The van der Waals surface area contributed by atoms with E-state index in [0.717, 1.165) is 43.8 Å². The highest BCUT2D eigenvalue weighted by atomic mass is 15.3. The minimum absolute atomic E-state index is 0.755. The topological polar surface area (TPSA) is 63.0 Å². The van der Waals surface area contributed by atoms with Crippen LogP contribution in [0.5, 0.6) is 0 Å². The summed E-state index contributed by atoms with van der Waals surface area (Å²) in [6.45, 7) is 8.66. The Morgan fingerprint density at radius 1 is 1.05 bits per heavy atom. The van der Waals surface area contributed by atoms with Crippen molar-refractivity contribution in [3.05, 3.63) is 30.7 Å². The molecule has 2 fully saturated rings. The van der Waals surface area contributed by atoms with Gasteiger partial charge < -0.3 is 9.80 Å². The van der Waals surface area contributed by atoms with Crippen LogP contribution < -0.4 is 4.90 Å². The molecule has 2 aromatic heterocycles. The first-order chi connectivity index (χ1) is 10.8. The van der Waals surface area contributed by atoms with Crippen molar-refractivity contribution in [1.29, 1.82) is 0 Å². The van der Waals surface area contributed by atoms with E-state index in [-0.39, 0.29) is 0 Å². The van der Waals surface area contributed by atoms with Gasteiger partial charge in [-0.05, 0) is 18.8 Å². The van der Waals surface area contributed by atoms with Crippen LogP contribution in [0, 0.1) is 18.8 Å². The van der Waals surface area contributed by atoms with Crippen molar-refractivity contribution in [2.24, 2.45) is 11.8 Å². The third-order valence-electron chi connectivity index (χ3n) is 4.84. The molecule has 2 atom stereocenters. The monoisotopic (exact) mass is 299 g/mol. The van der Waals surface area contributed by atoms with E-state index in [1.54, 1.807) is 19.0 Å². The smallest absolute Gasteiger partial charge is 0.137 e. The average molecular weight is 299 g/mol. The van der Waals surface area contributed by atoms with Crippen molar-refractivity contribution in [2.75, 3.05) is 37.6 Å². The van der Waals surface area contributed by atoms with Crippen LogP contribution in [-0.4, -0.2) is 62.4 Å². The molecule has 2 saturated heterocycles. The minimum Gasteiger partial charge on any atom is -0.356 e. The number of nitrogens with zero attached hydrogens (tertiary/aromatic N) is 7. The zero-order valence-corrected chi connectivity index (χ0v) is 12.8. The van der Waals surface area contributed by atoms with Gasteiger partial charge in [-0.2, -0.15) is 5.10 Å². The molecule has 0 N–H and O–H groups in total. The van der Waals surface area contributed by atoms with E-state index in [4.69, 9.17) is 0 Å². The van der Waals surface area contributed by atoms with Crippen molar-refractivity contribution < 1.29 is 0 Å². The Balaban J connectivity index is 1.34. The van der Waals surface area contributed by atoms with E-state index in [1.807, 2.05) is 10.9 Å². The highest BCUT2D eigenvalue weighted by Gasteiger charge is 2.40. The van der Waals surface area contributed by atoms with E-state index >= 15 is 0 Å². The molecule has 0 aromatic carbocycles. The Bertz CT molecular complexity index is 613. The summed E-state index contributed by atoms with van der Waals surface area (Å²) in [5.41, 5.74) is 1.17. The molecule has 2 aliphatic rings. The van der Waals surface area contributed by atoms with Crippen LogP contribution in [0.3, 0.4) is 0 Å². The van der Waals surface area contributed by atoms with Gasteiger partial charge in [0.1, 0.15) is 24.8 Å². The molecular weight excluding hydrogens is 278 g/mol. The Morgan fingerprint density at radius 3 is 2.55 bits per heavy atom. The van der Waals surface area contributed by atoms with Gasteiger partial charge >= 0.3 is 0 Å². The number of likely N-dealkylation sites (tertiary alicyclic amines) is 1. The Labute approximate surface area is 130 Å². The summed E-state index contributed by atoms with van der Waals surface area (Å²) in [7, 11) is 0. The summed E-state index contributed by atoms with van der Waals surface area (Å²) in [5, 5.41) is 4.17. The molecule has 0 bridgehead atoms. The van der Waals surface area contributed by atoms with Crippen molar-refractivity contribution in [3.63, 3.8) is 0 Å². The molecule has 2 aliphatic heterocycles. The maximum Gasteiger partial charge on any atom is 0.137 e. The van der Waals surface area contributed by atoms with Gasteiger partial charge in [0.15, 0.2) is 0 Å². The highest BCUT2D eigenvalue weighted by Crippen LogP contribution is 2.33. The van der Waals surface area contributed by atoms with Crippen molar-refractivity contribution in [3.8, 4) is 0 Å². The van der Waals surface area contributed by atoms with Crippen molar-refractivity contribution >= 4 is 5.82 Å². The molecule has 0 amide bonds. The van der Waals surface area contributed by atoms with E-state index in [1.165, 1.54) is 18.7 Å². The lowest BCUT2D eigenvalue weighted by molar-refractivity contribution is 0.296. The molecule has 4 heterocycles. The molecule has 116 valence electrons. The quantitative estimate of drug-likeness (QED) is 0.816. The van der Waals surface area contributed by atoms with Gasteiger partial charge in [-0.15, -0.1) is 0 Å². The van der Waals surface area contributed by atoms with E-state index < -0.39 is 0 Å². The number of hydrogen-bond acceptors (Lipinski definition) is 6. The standard InChI is InChI=1S/C15H21N7/c1-12-4-16-9-18-15(12)21-7-13-5-20(6-14(13)8-21)2-3-22-11-17-10-19-22/h4,9-11,13-14H,2-3,5-8H2,1H3. The van der Waals surface area contributed by atoms with Crippen LogP contribution in [0.1, 0.15) is 5.56 Å². The van der Waals surface area contributed by atoms with Crippen molar-refractivity contribution in [1.82, 2.24) is 29.6 Å². The van der Waals surface area contributed by atoms with Gasteiger partial charge in [-0.3, -0.25) is 4.68 Å². The molecule has 4 rings (SSSR count). The second-order valence-corrected chi connectivity index (χ2v) is 6.37. The lowest BCUT2D eigenvalue weighted by Gasteiger charge is -2.23. The van der Waals surface area contributed by atoms with Gasteiger partial charge in [0.2, 0.25) is 0 Å². The third-order valence-corrected chi connectivity index (χ3v) is 4.84. The molecule has 0 radical (unpaired) electrons. The van der Waals surface area contributed by atoms with Crippen LogP contribution >= 0.6 is 0 Å². The van der Waals surface area contributed by atoms with Crippen LogP contribution in [0.25, 0.3) is 0 Å².